The molecular weight excluding hydrogens is 449 g/mol. The van der Waals surface area contributed by atoms with Gasteiger partial charge in [0.1, 0.15) is 11.5 Å². The van der Waals surface area contributed by atoms with Crippen molar-refractivity contribution >= 4 is 21.5 Å². The maximum Gasteiger partial charge on any atom is 0.534 e. The lowest BCUT2D eigenvalue weighted by atomic mass is 10.1. The zero-order valence-electron chi connectivity index (χ0n) is 16.6. The molecule has 0 saturated carbocycles. The highest BCUT2D eigenvalue weighted by molar-refractivity contribution is 7.88. The van der Waals surface area contributed by atoms with Gasteiger partial charge in [0.2, 0.25) is 0 Å². The molecule has 0 heterocycles. The van der Waals surface area contributed by atoms with E-state index >= 15 is 0 Å². The number of aryl methyl sites for hydroxylation is 4. The van der Waals surface area contributed by atoms with Gasteiger partial charge >= 0.3 is 15.6 Å². The number of aromatic hydroxyl groups is 1. The summed E-state index contributed by atoms with van der Waals surface area (Å²) in [7, 11) is -5.80. The average molecular weight is 466 g/mol. The van der Waals surface area contributed by atoms with Crippen molar-refractivity contribution in [3.8, 4) is 11.5 Å². The predicted octanol–water partition coefficient (Wildman–Crippen LogP) is 4.36. The number of phenols is 1. The lowest BCUT2D eigenvalue weighted by Gasteiger charge is -2.13. The first-order chi connectivity index (χ1) is 14.0. The molecule has 170 valence electrons. The minimum atomic E-state index is -5.80. The monoisotopic (exact) mass is 466 g/mol. The minimum absolute atomic E-state index is 0.0165. The average Bonchev–Trinajstić information content (AvgIpc) is 2.61. The molecule has 0 fully saturated rings. The molecule has 0 aliphatic heterocycles. The molecule has 0 amide bonds. The van der Waals surface area contributed by atoms with Crippen molar-refractivity contribution in [2.75, 3.05) is 0 Å². The van der Waals surface area contributed by atoms with E-state index < -0.39 is 31.2 Å². The predicted molar refractivity (Wildman–Crippen MR) is 102 cm³/mol. The summed E-state index contributed by atoms with van der Waals surface area (Å²) in [5, 5.41) is 30.2. The van der Waals surface area contributed by atoms with Crippen LogP contribution in [0.25, 0.3) is 0 Å². The van der Waals surface area contributed by atoms with Crippen LogP contribution < -0.4 is 4.18 Å². The molecule has 1 N–H and O–H groups in total. The number of rotatable bonds is 4. The van der Waals surface area contributed by atoms with E-state index in [0.717, 1.165) is 12.1 Å². The molecule has 0 atom stereocenters. The van der Waals surface area contributed by atoms with Gasteiger partial charge in [0.05, 0.1) is 9.85 Å². The van der Waals surface area contributed by atoms with E-state index in [9.17, 15) is 46.9 Å². The van der Waals surface area contributed by atoms with E-state index in [-0.39, 0.29) is 28.3 Å². The highest BCUT2D eigenvalue weighted by Gasteiger charge is 2.49. The smallest absolute Gasteiger partial charge is 0.507 e. The number of non-ortho nitro benzene ring substituents is 2. The van der Waals surface area contributed by atoms with Crippen LogP contribution in [0.5, 0.6) is 11.5 Å². The molecule has 0 aliphatic rings. The van der Waals surface area contributed by atoms with E-state index in [4.69, 9.17) is 0 Å². The first-order valence-corrected chi connectivity index (χ1v) is 9.59. The van der Waals surface area contributed by atoms with Crippen LogP contribution in [0.15, 0.2) is 24.3 Å². The Morgan fingerprint density at radius 3 is 1.45 bits per heavy atom. The largest absolute Gasteiger partial charge is 0.534 e. The van der Waals surface area contributed by atoms with Crippen LogP contribution in [0.2, 0.25) is 0 Å². The van der Waals surface area contributed by atoms with Crippen LogP contribution in [-0.4, -0.2) is 28.9 Å². The second-order valence-electron chi connectivity index (χ2n) is 6.33. The van der Waals surface area contributed by atoms with Gasteiger partial charge in [-0.25, -0.2) is 0 Å². The van der Waals surface area contributed by atoms with Crippen molar-refractivity contribution in [3.63, 3.8) is 0 Å². The third-order valence-electron chi connectivity index (χ3n) is 3.82. The molecule has 0 radical (unpaired) electrons. The lowest BCUT2D eigenvalue weighted by molar-refractivity contribution is -0.385. The van der Waals surface area contributed by atoms with Crippen LogP contribution in [0.1, 0.15) is 22.3 Å². The summed E-state index contributed by atoms with van der Waals surface area (Å²) in [6, 6.07) is 4.55. The molecule has 0 spiro atoms. The third-order valence-corrected chi connectivity index (χ3v) is 4.77. The maximum absolute atomic E-state index is 12.2. The van der Waals surface area contributed by atoms with Gasteiger partial charge in [-0.05, 0) is 49.9 Å². The Hall–Kier alpha value is -3.42. The molecule has 0 aliphatic carbocycles. The fourth-order valence-electron chi connectivity index (χ4n) is 2.36. The Kier molecular flexibility index (Phi) is 7.57. The summed E-state index contributed by atoms with van der Waals surface area (Å²) < 4.78 is 62.2. The van der Waals surface area contributed by atoms with Gasteiger partial charge in [0.25, 0.3) is 11.4 Å². The van der Waals surface area contributed by atoms with E-state index in [2.05, 4.69) is 4.18 Å². The van der Waals surface area contributed by atoms with Crippen molar-refractivity contribution in [1.82, 2.24) is 0 Å². The molecule has 0 bridgehead atoms. The Morgan fingerprint density at radius 1 is 0.839 bits per heavy atom. The van der Waals surface area contributed by atoms with Crippen LogP contribution in [-0.2, 0) is 10.1 Å². The number of nitrogens with zero attached hydrogens (tertiary/aromatic N) is 2. The first kappa shape index (κ1) is 25.6. The second-order valence-corrected chi connectivity index (χ2v) is 7.87. The molecular formula is C17H17F3N2O8S. The van der Waals surface area contributed by atoms with E-state index in [1.165, 1.54) is 26.0 Å². The van der Waals surface area contributed by atoms with E-state index in [1.807, 2.05) is 0 Å². The van der Waals surface area contributed by atoms with Crippen molar-refractivity contribution in [2.45, 2.75) is 33.2 Å². The van der Waals surface area contributed by atoms with Crippen LogP contribution in [0.4, 0.5) is 24.5 Å². The van der Waals surface area contributed by atoms with Crippen LogP contribution in [0, 0.1) is 47.9 Å². The fraction of sp³-hybridized carbons (Fsp3) is 0.294. The molecule has 0 aromatic heterocycles. The molecule has 2 aromatic carbocycles. The Morgan fingerprint density at radius 2 is 1.16 bits per heavy atom. The zero-order valence-corrected chi connectivity index (χ0v) is 17.4. The lowest BCUT2D eigenvalue weighted by Crippen LogP contribution is -2.28. The molecule has 0 unspecified atom stereocenters. The Labute approximate surface area is 174 Å². The summed E-state index contributed by atoms with van der Waals surface area (Å²) in [5.74, 6) is -0.441. The number of nitro benzene ring substituents is 2. The summed E-state index contributed by atoms with van der Waals surface area (Å²) >= 11 is 0. The number of benzene rings is 2. The topological polar surface area (TPSA) is 150 Å². The summed E-state index contributed by atoms with van der Waals surface area (Å²) in [6.07, 6.45) is 0. The second kappa shape index (κ2) is 9.16. The van der Waals surface area contributed by atoms with Gasteiger partial charge in [-0.2, -0.15) is 21.6 Å². The van der Waals surface area contributed by atoms with Crippen molar-refractivity contribution in [2.24, 2.45) is 0 Å². The minimum Gasteiger partial charge on any atom is -0.507 e. The van der Waals surface area contributed by atoms with Crippen molar-refractivity contribution in [1.29, 1.82) is 0 Å². The molecule has 0 saturated heterocycles. The summed E-state index contributed by atoms with van der Waals surface area (Å²) in [6.45, 7) is 5.69. The van der Waals surface area contributed by atoms with Crippen LogP contribution >= 0.6 is 0 Å². The quantitative estimate of drug-likeness (QED) is 0.302. The summed E-state index contributed by atoms with van der Waals surface area (Å²) in [4.78, 5) is 19.6. The van der Waals surface area contributed by atoms with Gasteiger partial charge in [-0.1, -0.05) is 0 Å². The molecule has 10 nitrogen and oxygen atoms in total. The molecule has 2 aromatic rings. The van der Waals surface area contributed by atoms with Gasteiger partial charge < -0.3 is 9.29 Å². The Bertz CT molecular complexity index is 1080. The first-order valence-electron chi connectivity index (χ1n) is 8.19. The van der Waals surface area contributed by atoms with E-state index in [0.29, 0.717) is 11.1 Å². The number of alkyl halides is 3. The molecule has 14 heteroatoms. The molecule has 2 rings (SSSR count). The summed E-state index contributed by atoms with van der Waals surface area (Å²) in [5.41, 5.74) is -5.02. The number of halogens is 3. The number of hydrogen-bond donors (Lipinski definition) is 1. The highest BCUT2D eigenvalue weighted by atomic mass is 32.2. The third kappa shape index (κ3) is 6.28. The van der Waals surface area contributed by atoms with Crippen LogP contribution in [0.3, 0.4) is 0 Å². The van der Waals surface area contributed by atoms with Gasteiger partial charge in [-0.15, -0.1) is 0 Å². The van der Waals surface area contributed by atoms with Crippen molar-refractivity contribution in [3.05, 3.63) is 66.7 Å². The van der Waals surface area contributed by atoms with Gasteiger partial charge in [0.15, 0.2) is 0 Å². The maximum atomic E-state index is 12.2. The number of hydrogen-bond acceptors (Lipinski definition) is 8. The van der Waals surface area contributed by atoms with Gasteiger partial charge in [0, 0.05) is 24.3 Å². The number of phenolic OH excluding ortho intramolecular Hbond substituents is 1. The fourth-order valence-corrected chi connectivity index (χ4v) is 2.94. The van der Waals surface area contributed by atoms with Gasteiger partial charge in [-0.3, -0.25) is 20.2 Å². The SMILES string of the molecule is Cc1cc([N+](=O)[O-])cc(C)c1O.Cc1cc([N+](=O)[O-])cc(C)c1OS(=O)(=O)C(F)(F)F. The van der Waals surface area contributed by atoms with E-state index in [1.54, 1.807) is 13.8 Å². The van der Waals surface area contributed by atoms with Crippen molar-refractivity contribution < 1.29 is 40.7 Å². The number of nitro groups is 2. The standard InChI is InChI=1S/C9H8F3NO5S.C8H9NO3/c1-5-3-7(13(14)15)4-6(2)8(5)18-19(16,17)9(10,11)12;1-5-3-7(9(11)12)4-6(2)8(5)10/h3-4H,1-2H3;3-4,10H,1-2H3. The normalized spacial score (nSPS) is 11.3. The molecule has 31 heavy (non-hydrogen) atoms. The Balaban J connectivity index is 0.000000343. The zero-order chi connectivity index (χ0) is 24.3. The highest BCUT2D eigenvalue weighted by Crippen LogP contribution is 2.33.